The third-order valence-corrected chi connectivity index (χ3v) is 5.95. The average Bonchev–Trinajstić information content (AvgIpc) is 3.41. The van der Waals surface area contributed by atoms with Crippen molar-refractivity contribution in [3.05, 3.63) is 46.9 Å². The van der Waals surface area contributed by atoms with Crippen LogP contribution in [0, 0.1) is 5.92 Å². The van der Waals surface area contributed by atoms with E-state index in [1.165, 1.54) is 30.5 Å². The van der Waals surface area contributed by atoms with Crippen molar-refractivity contribution in [2.45, 2.75) is 6.42 Å². The standard InChI is InChI=1S/C21H19ClN4O4S/c1-29-17-9-18(30-2)16(8-13(17)22)26-10-12(7-19(26)27)20(28)25-21-24-15(11-31-21)14-5-3-4-6-23-14/h3-6,8-9,11-12H,7,10H2,1-2H3,(H,24,25,28). The number of carbonyl (C=O) groups is 2. The molecule has 10 heteroatoms. The highest BCUT2D eigenvalue weighted by atomic mass is 35.5. The number of rotatable bonds is 6. The Hall–Kier alpha value is -3.17. The molecule has 4 rings (SSSR count). The normalized spacial score (nSPS) is 15.8. The number of nitrogens with one attached hydrogen (secondary N) is 1. The average molecular weight is 459 g/mol. The lowest BCUT2D eigenvalue weighted by molar-refractivity contribution is -0.122. The fraction of sp³-hybridized carbons (Fsp3) is 0.238. The molecule has 2 amide bonds. The van der Waals surface area contributed by atoms with E-state index in [9.17, 15) is 9.59 Å². The number of carbonyl (C=O) groups excluding carboxylic acids is 2. The van der Waals surface area contributed by atoms with Crippen LogP contribution in [0.2, 0.25) is 5.02 Å². The van der Waals surface area contributed by atoms with Gasteiger partial charge in [-0.2, -0.15) is 0 Å². The van der Waals surface area contributed by atoms with E-state index in [4.69, 9.17) is 21.1 Å². The van der Waals surface area contributed by atoms with Crippen LogP contribution in [0.5, 0.6) is 11.5 Å². The van der Waals surface area contributed by atoms with Gasteiger partial charge in [-0.3, -0.25) is 14.6 Å². The van der Waals surface area contributed by atoms with Gasteiger partial charge in [-0.25, -0.2) is 4.98 Å². The molecule has 160 valence electrons. The molecule has 0 aliphatic carbocycles. The molecule has 1 aliphatic heterocycles. The number of hydrogen-bond donors (Lipinski definition) is 1. The minimum Gasteiger partial charge on any atom is -0.495 e. The molecule has 3 heterocycles. The van der Waals surface area contributed by atoms with Crippen molar-refractivity contribution >= 4 is 45.6 Å². The Morgan fingerprint density at radius 3 is 2.74 bits per heavy atom. The van der Waals surface area contributed by atoms with Crippen LogP contribution in [0.25, 0.3) is 11.4 Å². The van der Waals surface area contributed by atoms with E-state index in [2.05, 4.69) is 15.3 Å². The number of ether oxygens (including phenoxy) is 2. The van der Waals surface area contributed by atoms with E-state index >= 15 is 0 Å². The van der Waals surface area contributed by atoms with E-state index in [1.54, 1.807) is 18.3 Å². The molecule has 0 radical (unpaired) electrons. The number of aromatic nitrogens is 2. The molecular formula is C21H19ClN4O4S. The maximum Gasteiger partial charge on any atom is 0.231 e. The fourth-order valence-corrected chi connectivity index (χ4v) is 4.28. The molecule has 1 unspecified atom stereocenters. The number of nitrogens with zero attached hydrogens (tertiary/aromatic N) is 3. The van der Waals surface area contributed by atoms with Gasteiger partial charge >= 0.3 is 0 Å². The van der Waals surface area contributed by atoms with Gasteiger partial charge < -0.3 is 19.7 Å². The Labute approximate surface area is 187 Å². The minimum absolute atomic E-state index is 0.0805. The van der Waals surface area contributed by atoms with Crippen LogP contribution in [0.4, 0.5) is 10.8 Å². The number of amides is 2. The first-order chi connectivity index (χ1) is 15.0. The summed E-state index contributed by atoms with van der Waals surface area (Å²) in [6.45, 7) is 0.210. The van der Waals surface area contributed by atoms with Gasteiger partial charge in [-0.1, -0.05) is 17.7 Å². The Balaban J connectivity index is 1.48. The van der Waals surface area contributed by atoms with E-state index in [0.29, 0.717) is 33.0 Å². The SMILES string of the molecule is COc1cc(OC)c(N2CC(C(=O)Nc3nc(-c4ccccn4)cs3)CC2=O)cc1Cl. The Morgan fingerprint density at radius 2 is 2.03 bits per heavy atom. The quantitative estimate of drug-likeness (QED) is 0.602. The van der Waals surface area contributed by atoms with Crippen molar-refractivity contribution in [3.8, 4) is 22.9 Å². The van der Waals surface area contributed by atoms with Crippen LogP contribution in [0.1, 0.15) is 6.42 Å². The third-order valence-electron chi connectivity index (χ3n) is 4.90. The van der Waals surface area contributed by atoms with Crippen molar-refractivity contribution in [1.29, 1.82) is 0 Å². The summed E-state index contributed by atoms with van der Waals surface area (Å²) in [4.78, 5) is 35.6. The maximum atomic E-state index is 12.8. The van der Waals surface area contributed by atoms with E-state index < -0.39 is 5.92 Å². The third kappa shape index (κ3) is 4.33. The van der Waals surface area contributed by atoms with Crippen molar-refractivity contribution in [2.75, 3.05) is 31.0 Å². The smallest absolute Gasteiger partial charge is 0.231 e. The molecule has 1 aliphatic rings. The van der Waals surface area contributed by atoms with Crippen molar-refractivity contribution in [2.24, 2.45) is 5.92 Å². The van der Waals surface area contributed by atoms with E-state index in [0.717, 1.165) is 5.69 Å². The molecule has 0 spiro atoms. The summed E-state index contributed by atoms with van der Waals surface area (Å²) in [5, 5.41) is 5.45. The lowest BCUT2D eigenvalue weighted by Crippen LogP contribution is -2.28. The van der Waals surface area contributed by atoms with Gasteiger partial charge in [0, 0.05) is 30.6 Å². The van der Waals surface area contributed by atoms with Gasteiger partial charge in [0.05, 0.1) is 36.5 Å². The lowest BCUT2D eigenvalue weighted by Gasteiger charge is -2.20. The van der Waals surface area contributed by atoms with E-state index in [1.807, 2.05) is 23.6 Å². The molecule has 2 aromatic heterocycles. The monoisotopic (exact) mass is 458 g/mol. The second-order valence-electron chi connectivity index (χ2n) is 6.81. The molecule has 1 aromatic carbocycles. The van der Waals surface area contributed by atoms with Gasteiger partial charge in [-0.15, -0.1) is 11.3 Å². The zero-order chi connectivity index (χ0) is 22.0. The maximum absolute atomic E-state index is 12.8. The zero-order valence-corrected chi connectivity index (χ0v) is 18.4. The molecule has 8 nitrogen and oxygen atoms in total. The number of thiazole rings is 1. The van der Waals surface area contributed by atoms with Gasteiger partial charge in [0.2, 0.25) is 11.8 Å². The van der Waals surface area contributed by atoms with Gasteiger partial charge in [-0.05, 0) is 18.2 Å². The van der Waals surface area contributed by atoms with Crippen LogP contribution in [-0.4, -0.2) is 42.5 Å². The molecule has 1 atom stereocenters. The van der Waals surface area contributed by atoms with Crippen LogP contribution in [0.15, 0.2) is 41.9 Å². The minimum atomic E-state index is -0.528. The first kappa shape index (κ1) is 21.1. The van der Waals surface area contributed by atoms with Crippen molar-refractivity contribution < 1.29 is 19.1 Å². The predicted molar refractivity (Wildman–Crippen MR) is 119 cm³/mol. The summed E-state index contributed by atoms with van der Waals surface area (Å²) < 4.78 is 10.6. The molecular weight excluding hydrogens is 440 g/mol. The van der Waals surface area contributed by atoms with E-state index in [-0.39, 0.29) is 24.8 Å². The van der Waals surface area contributed by atoms with Crippen LogP contribution in [0.3, 0.4) is 0 Å². The number of pyridine rings is 1. The highest BCUT2D eigenvalue weighted by molar-refractivity contribution is 7.14. The van der Waals surface area contributed by atoms with Gasteiger partial charge in [0.1, 0.15) is 17.2 Å². The summed E-state index contributed by atoms with van der Waals surface area (Å²) in [7, 11) is 3.00. The fourth-order valence-electron chi connectivity index (χ4n) is 3.34. The number of halogens is 1. The molecule has 0 bridgehead atoms. The van der Waals surface area contributed by atoms with Crippen molar-refractivity contribution in [1.82, 2.24) is 9.97 Å². The highest BCUT2D eigenvalue weighted by Gasteiger charge is 2.37. The summed E-state index contributed by atoms with van der Waals surface area (Å²) in [6.07, 6.45) is 1.77. The molecule has 31 heavy (non-hydrogen) atoms. The second-order valence-corrected chi connectivity index (χ2v) is 8.07. The number of anilines is 2. The Morgan fingerprint density at radius 1 is 1.23 bits per heavy atom. The first-order valence-electron chi connectivity index (χ1n) is 9.40. The molecule has 1 fully saturated rings. The van der Waals surface area contributed by atoms with Crippen molar-refractivity contribution in [3.63, 3.8) is 0 Å². The molecule has 1 N–H and O–H groups in total. The summed E-state index contributed by atoms with van der Waals surface area (Å²) >= 11 is 7.54. The molecule has 0 saturated carbocycles. The predicted octanol–water partition coefficient (Wildman–Crippen LogP) is 3.87. The largest absolute Gasteiger partial charge is 0.495 e. The van der Waals surface area contributed by atoms with Crippen LogP contribution in [-0.2, 0) is 9.59 Å². The second kappa shape index (κ2) is 8.91. The number of benzene rings is 1. The topological polar surface area (TPSA) is 93.7 Å². The summed E-state index contributed by atoms with van der Waals surface area (Å²) in [5.41, 5.74) is 1.91. The highest BCUT2D eigenvalue weighted by Crippen LogP contribution is 2.40. The Kier molecular flexibility index (Phi) is 6.06. The number of methoxy groups -OCH3 is 2. The molecule has 3 aromatic rings. The zero-order valence-electron chi connectivity index (χ0n) is 16.8. The lowest BCUT2D eigenvalue weighted by atomic mass is 10.1. The van der Waals surface area contributed by atoms with Gasteiger partial charge in [0.25, 0.3) is 0 Å². The summed E-state index contributed by atoms with van der Waals surface area (Å²) in [5.74, 6) is -0.101. The number of hydrogen-bond acceptors (Lipinski definition) is 7. The van der Waals surface area contributed by atoms with Gasteiger partial charge in [0.15, 0.2) is 5.13 Å². The first-order valence-corrected chi connectivity index (χ1v) is 10.7. The van der Waals surface area contributed by atoms with Crippen LogP contribution >= 0.6 is 22.9 Å². The summed E-state index contributed by atoms with van der Waals surface area (Å²) in [6, 6.07) is 8.77. The van der Waals surface area contributed by atoms with Crippen LogP contribution < -0.4 is 19.7 Å². The Bertz CT molecular complexity index is 1120. The molecule has 1 saturated heterocycles.